The molecule has 1 unspecified atom stereocenters. The summed E-state index contributed by atoms with van der Waals surface area (Å²) in [4.78, 5) is 22.3. The molecule has 2 fully saturated rings. The largest absolute Gasteiger partial charge is 0.380 e. The van der Waals surface area contributed by atoms with E-state index in [1.54, 1.807) is 6.20 Å². The molecule has 3 heterocycles. The van der Waals surface area contributed by atoms with Gasteiger partial charge >= 0.3 is 0 Å². The second-order valence-corrected chi connectivity index (χ2v) is 9.08. The standard InChI is InChI=1S/C27H31N3O2/c1-32-26-19-30(18-21(26)17-20-7-3-2-4-8-20)22-12-15-29(16-13-22)27(31)24-11-14-28-25-10-6-5-9-23(24)25/h2-11,14,21-22,26H,12-13,15-19H2,1H3/t21?,26-/m1/s1. The molecule has 2 saturated heterocycles. The minimum atomic E-state index is 0.125. The van der Waals surface area contributed by atoms with Gasteiger partial charge in [0.15, 0.2) is 0 Å². The number of aromatic nitrogens is 1. The lowest BCUT2D eigenvalue weighted by Gasteiger charge is -2.37. The third-order valence-electron chi connectivity index (χ3n) is 7.20. The number of para-hydroxylation sites is 1. The van der Waals surface area contributed by atoms with Gasteiger partial charge in [-0.2, -0.15) is 0 Å². The van der Waals surface area contributed by atoms with E-state index in [1.807, 2.05) is 42.3 Å². The number of ether oxygens (including phenoxy) is 1. The highest BCUT2D eigenvalue weighted by molar-refractivity contribution is 6.05. The Hall–Kier alpha value is -2.76. The van der Waals surface area contributed by atoms with Crippen LogP contribution >= 0.6 is 0 Å². The van der Waals surface area contributed by atoms with Gasteiger partial charge in [-0.1, -0.05) is 48.5 Å². The van der Waals surface area contributed by atoms with E-state index in [0.717, 1.165) is 61.9 Å². The average molecular weight is 430 g/mol. The maximum absolute atomic E-state index is 13.3. The molecule has 0 radical (unpaired) electrons. The zero-order valence-corrected chi connectivity index (χ0v) is 18.7. The molecule has 5 heteroatoms. The highest BCUT2D eigenvalue weighted by atomic mass is 16.5. The van der Waals surface area contributed by atoms with Crippen molar-refractivity contribution in [2.24, 2.45) is 5.92 Å². The highest BCUT2D eigenvalue weighted by Crippen LogP contribution is 2.29. The fourth-order valence-corrected chi connectivity index (χ4v) is 5.44. The number of nitrogens with zero attached hydrogens (tertiary/aromatic N) is 3. The highest BCUT2D eigenvalue weighted by Gasteiger charge is 2.37. The second kappa shape index (κ2) is 9.39. The minimum absolute atomic E-state index is 0.125. The van der Waals surface area contributed by atoms with E-state index in [1.165, 1.54) is 5.56 Å². The van der Waals surface area contributed by atoms with Crippen LogP contribution in [-0.2, 0) is 11.2 Å². The van der Waals surface area contributed by atoms with Crippen LogP contribution in [0.1, 0.15) is 28.8 Å². The molecule has 0 bridgehead atoms. The van der Waals surface area contributed by atoms with Crippen LogP contribution in [0.25, 0.3) is 10.9 Å². The number of amides is 1. The van der Waals surface area contributed by atoms with E-state index >= 15 is 0 Å². The number of benzene rings is 2. The summed E-state index contributed by atoms with van der Waals surface area (Å²) in [6.45, 7) is 3.66. The van der Waals surface area contributed by atoms with Crippen molar-refractivity contribution >= 4 is 16.8 Å². The fourth-order valence-electron chi connectivity index (χ4n) is 5.44. The fraction of sp³-hybridized carbons (Fsp3) is 0.407. The molecule has 5 nitrogen and oxygen atoms in total. The lowest BCUT2D eigenvalue weighted by molar-refractivity contribution is 0.0586. The first-order chi connectivity index (χ1) is 15.7. The van der Waals surface area contributed by atoms with Crippen LogP contribution in [0, 0.1) is 5.92 Å². The minimum Gasteiger partial charge on any atom is -0.380 e. The average Bonchev–Trinajstić information content (AvgIpc) is 3.26. The van der Waals surface area contributed by atoms with Crippen molar-refractivity contribution in [2.45, 2.75) is 31.4 Å². The molecule has 2 atom stereocenters. The number of likely N-dealkylation sites (tertiary alicyclic amines) is 2. The number of hydrogen-bond donors (Lipinski definition) is 0. The van der Waals surface area contributed by atoms with Crippen molar-refractivity contribution in [3.8, 4) is 0 Å². The summed E-state index contributed by atoms with van der Waals surface area (Å²) in [6, 6.07) is 21.0. The predicted octanol–water partition coefficient (Wildman–Crippen LogP) is 4.03. The number of piperidine rings is 1. The predicted molar refractivity (Wildman–Crippen MR) is 127 cm³/mol. The Labute approximate surface area is 190 Å². The van der Waals surface area contributed by atoms with Crippen LogP contribution in [0.2, 0.25) is 0 Å². The van der Waals surface area contributed by atoms with Crippen molar-refractivity contribution in [3.63, 3.8) is 0 Å². The van der Waals surface area contributed by atoms with E-state index in [-0.39, 0.29) is 12.0 Å². The van der Waals surface area contributed by atoms with Gasteiger partial charge < -0.3 is 9.64 Å². The molecule has 32 heavy (non-hydrogen) atoms. The molecule has 2 aromatic carbocycles. The molecule has 2 aliphatic rings. The first kappa shape index (κ1) is 21.1. The summed E-state index contributed by atoms with van der Waals surface area (Å²) in [5.74, 6) is 0.644. The third-order valence-corrected chi connectivity index (χ3v) is 7.20. The van der Waals surface area contributed by atoms with Crippen LogP contribution in [0.5, 0.6) is 0 Å². The number of methoxy groups -OCH3 is 1. The van der Waals surface area contributed by atoms with Crippen LogP contribution in [-0.4, -0.2) is 66.1 Å². The van der Waals surface area contributed by atoms with Crippen LogP contribution < -0.4 is 0 Å². The first-order valence-electron chi connectivity index (χ1n) is 11.7. The molecule has 166 valence electrons. The maximum Gasteiger partial charge on any atom is 0.254 e. The van der Waals surface area contributed by atoms with Crippen LogP contribution in [0.3, 0.4) is 0 Å². The number of rotatable bonds is 5. The summed E-state index contributed by atoms with van der Waals surface area (Å²) in [6.07, 6.45) is 5.11. The number of pyridine rings is 1. The molecule has 0 aliphatic carbocycles. The zero-order valence-electron chi connectivity index (χ0n) is 18.7. The summed E-state index contributed by atoms with van der Waals surface area (Å²) in [5, 5.41) is 0.938. The Morgan fingerprint density at radius 2 is 1.75 bits per heavy atom. The molecule has 1 amide bonds. The topological polar surface area (TPSA) is 45.7 Å². The van der Waals surface area contributed by atoms with Gasteiger partial charge in [0.25, 0.3) is 5.91 Å². The molecular weight excluding hydrogens is 398 g/mol. The van der Waals surface area contributed by atoms with E-state index in [2.05, 4.69) is 40.2 Å². The lowest BCUT2D eigenvalue weighted by atomic mass is 9.96. The Kier molecular flexibility index (Phi) is 6.19. The molecular formula is C27H31N3O2. The third kappa shape index (κ3) is 4.27. The van der Waals surface area contributed by atoms with E-state index in [4.69, 9.17) is 4.74 Å². The Balaban J connectivity index is 1.21. The second-order valence-electron chi connectivity index (χ2n) is 9.08. The monoisotopic (exact) mass is 429 g/mol. The van der Waals surface area contributed by atoms with Gasteiger partial charge in [0.2, 0.25) is 0 Å². The Morgan fingerprint density at radius 1 is 1.00 bits per heavy atom. The summed E-state index contributed by atoms with van der Waals surface area (Å²) in [5.41, 5.74) is 3.02. The van der Waals surface area contributed by atoms with E-state index < -0.39 is 0 Å². The van der Waals surface area contributed by atoms with Crippen molar-refractivity contribution < 1.29 is 9.53 Å². The number of hydrogen-bond acceptors (Lipinski definition) is 4. The molecule has 0 saturated carbocycles. The quantitative estimate of drug-likeness (QED) is 0.614. The molecule has 0 N–H and O–H groups in total. The van der Waals surface area contributed by atoms with Gasteiger partial charge in [0.1, 0.15) is 0 Å². The van der Waals surface area contributed by atoms with Gasteiger partial charge in [-0.3, -0.25) is 14.7 Å². The smallest absolute Gasteiger partial charge is 0.254 e. The lowest BCUT2D eigenvalue weighted by Crippen LogP contribution is -2.46. The van der Waals surface area contributed by atoms with Gasteiger partial charge in [-0.25, -0.2) is 0 Å². The van der Waals surface area contributed by atoms with Crippen LogP contribution in [0.4, 0.5) is 0 Å². The Bertz CT molecular complexity index is 1060. The van der Waals surface area contributed by atoms with E-state index in [0.29, 0.717) is 12.0 Å². The van der Waals surface area contributed by atoms with Gasteiger partial charge in [-0.15, -0.1) is 0 Å². The van der Waals surface area contributed by atoms with Gasteiger partial charge in [-0.05, 0) is 37.0 Å². The SMILES string of the molecule is CO[C@@H]1CN(C2CCN(C(=O)c3ccnc4ccccc34)CC2)CC1Cc1ccccc1. The summed E-state index contributed by atoms with van der Waals surface area (Å²) >= 11 is 0. The van der Waals surface area contributed by atoms with Crippen molar-refractivity contribution in [1.29, 1.82) is 0 Å². The van der Waals surface area contributed by atoms with Gasteiger partial charge in [0, 0.05) is 56.8 Å². The van der Waals surface area contributed by atoms with Crippen molar-refractivity contribution in [3.05, 3.63) is 78.0 Å². The zero-order chi connectivity index (χ0) is 21.9. The molecule has 5 rings (SSSR count). The number of carbonyl (C=O) groups is 1. The summed E-state index contributed by atoms with van der Waals surface area (Å²) < 4.78 is 5.86. The molecule has 1 aromatic heterocycles. The number of fused-ring (bicyclic) bond motifs is 1. The molecule has 0 spiro atoms. The van der Waals surface area contributed by atoms with E-state index in [9.17, 15) is 4.79 Å². The number of carbonyl (C=O) groups excluding carboxylic acids is 1. The molecule has 3 aromatic rings. The normalized spacial score (nSPS) is 22.5. The van der Waals surface area contributed by atoms with Crippen molar-refractivity contribution in [2.75, 3.05) is 33.3 Å². The Morgan fingerprint density at radius 3 is 2.53 bits per heavy atom. The summed E-state index contributed by atoms with van der Waals surface area (Å²) in [7, 11) is 1.84. The molecule has 2 aliphatic heterocycles. The van der Waals surface area contributed by atoms with Crippen molar-refractivity contribution in [1.82, 2.24) is 14.8 Å². The maximum atomic E-state index is 13.3. The van der Waals surface area contributed by atoms with Crippen LogP contribution in [0.15, 0.2) is 66.9 Å². The first-order valence-corrected chi connectivity index (χ1v) is 11.7. The van der Waals surface area contributed by atoms with Gasteiger partial charge in [0.05, 0.1) is 17.2 Å².